The molecule has 51 heavy (non-hydrogen) atoms. The molecule has 0 aliphatic heterocycles. The highest BCUT2D eigenvalue weighted by molar-refractivity contribution is 7.26. The van der Waals surface area contributed by atoms with Gasteiger partial charge < -0.3 is 4.42 Å². The Hall–Kier alpha value is -6.63. The van der Waals surface area contributed by atoms with Crippen molar-refractivity contribution in [3.8, 4) is 39.9 Å². The van der Waals surface area contributed by atoms with Crippen LogP contribution in [0.25, 0.3) is 104 Å². The van der Waals surface area contributed by atoms with Gasteiger partial charge in [-0.25, -0.2) is 4.98 Å². The molecule has 0 N–H and O–H groups in total. The van der Waals surface area contributed by atoms with Crippen molar-refractivity contribution in [1.82, 2.24) is 19.5 Å². The third kappa shape index (κ3) is 4.30. The van der Waals surface area contributed by atoms with Gasteiger partial charge in [0.1, 0.15) is 11.2 Å². The monoisotopic (exact) mass is 670 g/mol. The Bertz CT molecular complexity index is 3100. The fraction of sp³-hybridized carbons (Fsp3) is 0. The Morgan fingerprint density at radius 2 is 1.08 bits per heavy atom. The number of nitrogens with zero attached hydrogens (tertiary/aromatic N) is 4. The van der Waals surface area contributed by atoms with Crippen molar-refractivity contribution in [3.63, 3.8) is 0 Å². The molecule has 0 amide bonds. The molecule has 0 radical (unpaired) electrons. The van der Waals surface area contributed by atoms with E-state index < -0.39 is 0 Å². The van der Waals surface area contributed by atoms with Gasteiger partial charge in [-0.3, -0.25) is 4.57 Å². The largest absolute Gasteiger partial charge is 0.455 e. The molecule has 6 heteroatoms. The van der Waals surface area contributed by atoms with Gasteiger partial charge in [0, 0.05) is 64.0 Å². The van der Waals surface area contributed by atoms with Crippen molar-refractivity contribution >= 4 is 75.3 Å². The van der Waals surface area contributed by atoms with Crippen molar-refractivity contribution in [1.29, 1.82) is 0 Å². The van der Waals surface area contributed by atoms with Crippen LogP contribution >= 0.6 is 11.3 Å². The van der Waals surface area contributed by atoms with Gasteiger partial charge in [-0.1, -0.05) is 133 Å². The lowest BCUT2D eigenvalue weighted by Crippen LogP contribution is -2.06. The smallest absolute Gasteiger partial charge is 0.238 e. The SMILES string of the molecule is c1ccc(-c2nc(-c3ccc4c(c3)sc3c(-c5cccc6c5oc5ccccc56)cccc34)nc(-n3c4ccccc4c4ccccc43)n2)cc1. The van der Waals surface area contributed by atoms with E-state index in [1.807, 2.05) is 42.5 Å². The maximum absolute atomic E-state index is 6.46. The first-order valence-electron chi connectivity index (χ1n) is 16.9. The minimum Gasteiger partial charge on any atom is -0.455 e. The molecule has 0 saturated carbocycles. The molecule has 4 aromatic heterocycles. The maximum Gasteiger partial charge on any atom is 0.238 e. The number of hydrogen-bond acceptors (Lipinski definition) is 5. The molecule has 0 atom stereocenters. The molecule has 0 unspecified atom stereocenters. The number of furan rings is 1. The van der Waals surface area contributed by atoms with Crippen LogP contribution in [-0.2, 0) is 0 Å². The Kier molecular flexibility index (Phi) is 6.05. The highest BCUT2D eigenvalue weighted by atomic mass is 32.1. The van der Waals surface area contributed by atoms with Gasteiger partial charge in [0.25, 0.3) is 0 Å². The molecule has 0 saturated heterocycles. The minimum atomic E-state index is 0.592. The fourth-order valence-electron chi connectivity index (χ4n) is 7.56. The van der Waals surface area contributed by atoms with E-state index in [1.54, 1.807) is 11.3 Å². The van der Waals surface area contributed by atoms with Crippen LogP contribution in [0.3, 0.4) is 0 Å². The quantitative estimate of drug-likeness (QED) is 0.187. The van der Waals surface area contributed by atoms with E-state index in [4.69, 9.17) is 19.4 Å². The summed E-state index contributed by atoms with van der Waals surface area (Å²) < 4.78 is 11.0. The molecule has 0 spiro atoms. The van der Waals surface area contributed by atoms with Crippen molar-refractivity contribution in [3.05, 3.63) is 158 Å². The Balaban J connectivity index is 1.12. The molecular weight excluding hydrogens is 645 g/mol. The molecule has 4 heterocycles. The average Bonchev–Trinajstić information content (AvgIpc) is 3.87. The lowest BCUT2D eigenvalue weighted by Gasteiger charge is -2.11. The third-order valence-electron chi connectivity index (χ3n) is 9.89. The molecular formula is C45H26N4OS. The number of para-hydroxylation sites is 4. The van der Waals surface area contributed by atoms with E-state index in [9.17, 15) is 0 Å². The number of rotatable bonds is 4. The second kappa shape index (κ2) is 10.9. The van der Waals surface area contributed by atoms with E-state index in [2.05, 4.69) is 120 Å². The lowest BCUT2D eigenvalue weighted by atomic mass is 10.00. The lowest BCUT2D eigenvalue weighted by molar-refractivity contribution is 0.670. The molecule has 5 nitrogen and oxygen atoms in total. The molecule has 0 aliphatic rings. The van der Waals surface area contributed by atoms with Crippen LogP contribution in [0.15, 0.2) is 162 Å². The van der Waals surface area contributed by atoms with Crippen molar-refractivity contribution in [2.45, 2.75) is 0 Å². The van der Waals surface area contributed by atoms with Crippen LogP contribution in [0.1, 0.15) is 0 Å². The van der Waals surface area contributed by atoms with Crippen molar-refractivity contribution in [2.24, 2.45) is 0 Å². The summed E-state index contributed by atoms with van der Waals surface area (Å²) in [5.74, 6) is 1.86. The number of fused-ring (bicyclic) bond motifs is 9. The van der Waals surface area contributed by atoms with Crippen molar-refractivity contribution < 1.29 is 4.42 Å². The van der Waals surface area contributed by atoms with Gasteiger partial charge in [0.15, 0.2) is 11.6 Å². The first-order chi connectivity index (χ1) is 25.3. The Morgan fingerprint density at radius 1 is 0.451 bits per heavy atom. The molecule has 0 fully saturated rings. The van der Waals surface area contributed by atoms with E-state index in [1.165, 1.54) is 25.7 Å². The highest BCUT2D eigenvalue weighted by Gasteiger charge is 2.20. The van der Waals surface area contributed by atoms with Gasteiger partial charge in [-0.15, -0.1) is 11.3 Å². The molecule has 0 aliphatic carbocycles. The van der Waals surface area contributed by atoms with Gasteiger partial charge in [0.05, 0.1) is 11.0 Å². The van der Waals surface area contributed by atoms with Crippen LogP contribution in [0.5, 0.6) is 0 Å². The van der Waals surface area contributed by atoms with Crippen LogP contribution in [0.2, 0.25) is 0 Å². The predicted octanol–water partition coefficient (Wildman–Crippen LogP) is 12.2. The van der Waals surface area contributed by atoms with Crippen LogP contribution in [-0.4, -0.2) is 19.5 Å². The summed E-state index contributed by atoms with van der Waals surface area (Å²) in [5.41, 5.74) is 8.08. The summed E-state index contributed by atoms with van der Waals surface area (Å²) in [7, 11) is 0. The van der Waals surface area contributed by atoms with Crippen LogP contribution in [0, 0.1) is 0 Å². The summed E-state index contributed by atoms with van der Waals surface area (Å²) >= 11 is 1.80. The fourth-order valence-corrected chi connectivity index (χ4v) is 8.83. The Morgan fingerprint density at radius 3 is 1.86 bits per heavy atom. The summed E-state index contributed by atoms with van der Waals surface area (Å²) in [6, 6.07) is 54.9. The molecule has 238 valence electrons. The zero-order valence-corrected chi connectivity index (χ0v) is 27.9. The first kappa shape index (κ1) is 28.2. The highest BCUT2D eigenvalue weighted by Crippen LogP contribution is 2.44. The topological polar surface area (TPSA) is 56.7 Å². The Labute approximate surface area is 295 Å². The number of hydrogen-bond donors (Lipinski definition) is 0. The molecule has 11 aromatic rings. The third-order valence-corrected chi connectivity index (χ3v) is 11.1. The van der Waals surface area contributed by atoms with Gasteiger partial charge >= 0.3 is 0 Å². The summed E-state index contributed by atoms with van der Waals surface area (Å²) in [6.07, 6.45) is 0. The summed E-state index contributed by atoms with van der Waals surface area (Å²) in [5, 5.41) is 7.02. The second-order valence-corrected chi connectivity index (χ2v) is 13.8. The van der Waals surface area contributed by atoms with Gasteiger partial charge in [-0.2, -0.15) is 9.97 Å². The van der Waals surface area contributed by atoms with Gasteiger partial charge in [0.2, 0.25) is 5.95 Å². The zero-order chi connectivity index (χ0) is 33.5. The number of aromatic nitrogens is 4. The van der Waals surface area contributed by atoms with E-state index in [0.717, 1.165) is 60.4 Å². The van der Waals surface area contributed by atoms with E-state index in [-0.39, 0.29) is 0 Å². The zero-order valence-electron chi connectivity index (χ0n) is 27.1. The summed E-state index contributed by atoms with van der Waals surface area (Å²) in [6.45, 7) is 0. The average molecular weight is 671 g/mol. The molecule has 11 rings (SSSR count). The first-order valence-corrected chi connectivity index (χ1v) is 17.8. The van der Waals surface area contributed by atoms with Crippen LogP contribution in [0.4, 0.5) is 0 Å². The standard InChI is InChI=1S/C45H26N4OS/c1-2-12-27(13-3-1)43-46-44(48-45(47-43)49-37-21-7-4-14-29(37)30-15-5-8-22-38(30)49)28-24-25-32-35-19-11-20-36(42(35)51-40(32)26-28)34-18-10-17-33-31-16-6-9-23-39(31)50-41(33)34/h1-26H. The second-order valence-electron chi connectivity index (χ2n) is 12.8. The minimum absolute atomic E-state index is 0.592. The molecule has 0 bridgehead atoms. The number of thiophene rings is 1. The van der Waals surface area contributed by atoms with E-state index in [0.29, 0.717) is 17.6 Å². The maximum atomic E-state index is 6.46. The predicted molar refractivity (Wildman–Crippen MR) is 211 cm³/mol. The summed E-state index contributed by atoms with van der Waals surface area (Å²) in [4.78, 5) is 15.4. The molecule has 7 aromatic carbocycles. The van der Waals surface area contributed by atoms with Gasteiger partial charge in [-0.05, 0) is 24.3 Å². The van der Waals surface area contributed by atoms with Crippen LogP contribution < -0.4 is 0 Å². The normalized spacial score (nSPS) is 11.9. The van der Waals surface area contributed by atoms with E-state index >= 15 is 0 Å². The number of benzene rings is 7. The van der Waals surface area contributed by atoms with Crippen molar-refractivity contribution in [2.75, 3.05) is 0 Å².